The van der Waals surface area contributed by atoms with Crippen LogP contribution in [0.3, 0.4) is 0 Å². The van der Waals surface area contributed by atoms with Crippen molar-refractivity contribution in [3.8, 4) is 0 Å². The third-order valence-corrected chi connectivity index (χ3v) is 6.41. The maximum atomic E-state index is 13.6. The number of carbonyl (C=O) groups excluding carboxylic acids is 2. The molecule has 6 nitrogen and oxygen atoms in total. The maximum Gasteiger partial charge on any atom is 0.290 e. The number of aliphatic hydroxyl groups excluding tert-OH is 1. The number of fused-ring (bicyclic) bond motifs is 1. The molecule has 3 aromatic rings. The van der Waals surface area contributed by atoms with Crippen molar-refractivity contribution in [3.05, 3.63) is 81.2 Å². The molecule has 2 heterocycles. The van der Waals surface area contributed by atoms with Crippen molar-refractivity contribution in [2.24, 2.45) is 0 Å². The highest BCUT2D eigenvalue weighted by molar-refractivity contribution is 9.10. The zero-order chi connectivity index (χ0) is 23.7. The smallest absolute Gasteiger partial charge is 0.290 e. The molecule has 4 rings (SSSR count). The number of rotatable bonds is 8. The predicted molar refractivity (Wildman–Crippen MR) is 129 cm³/mol. The summed E-state index contributed by atoms with van der Waals surface area (Å²) in [7, 11) is 1.60. The molecule has 2 aromatic carbocycles. The molecular formula is C26H26BrNO5. The Balaban J connectivity index is 1.76. The Kier molecular flexibility index (Phi) is 6.72. The Labute approximate surface area is 201 Å². The van der Waals surface area contributed by atoms with Crippen LogP contribution in [0.2, 0.25) is 0 Å². The summed E-state index contributed by atoms with van der Waals surface area (Å²) in [5, 5.41) is 11.6. The number of Topliss-reactive ketones (excluding diaryl/α,β-unsaturated/α-hetero) is 1. The van der Waals surface area contributed by atoms with Gasteiger partial charge in [0, 0.05) is 30.1 Å². The van der Waals surface area contributed by atoms with E-state index in [0.717, 1.165) is 21.0 Å². The van der Waals surface area contributed by atoms with Crippen molar-refractivity contribution in [3.63, 3.8) is 0 Å². The Morgan fingerprint density at radius 3 is 2.58 bits per heavy atom. The number of ether oxygens (including phenoxy) is 1. The van der Waals surface area contributed by atoms with Crippen LogP contribution < -0.4 is 0 Å². The van der Waals surface area contributed by atoms with Crippen LogP contribution in [0.4, 0.5) is 0 Å². The summed E-state index contributed by atoms with van der Waals surface area (Å²) in [6.07, 6.45) is 0.580. The summed E-state index contributed by atoms with van der Waals surface area (Å²) in [6, 6.07) is 14.2. The number of benzene rings is 2. The highest BCUT2D eigenvalue weighted by Gasteiger charge is 2.44. The van der Waals surface area contributed by atoms with Gasteiger partial charge < -0.3 is 19.2 Å². The topological polar surface area (TPSA) is 80.0 Å². The van der Waals surface area contributed by atoms with Gasteiger partial charge in [-0.2, -0.15) is 0 Å². The monoisotopic (exact) mass is 511 g/mol. The van der Waals surface area contributed by atoms with Crippen LogP contribution >= 0.6 is 15.9 Å². The molecule has 1 aliphatic heterocycles. The zero-order valence-electron chi connectivity index (χ0n) is 18.8. The number of hydrogen-bond acceptors (Lipinski definition) is 5. The molecule has 0 spiro atoms. The molecule has 172 valence electrons. The standard InChI is InChI=1S/C26H26BrNO5/c1-15(2)16-5-7-17(8-6-16)23-22(25(30)26(31)28(23)11-4-12-32-3)24(29)21-14-18-13-19(27)9-10-20(18)33-21/h5-10,13-15,23,30H,4,11-12H2,1-3H3. The van der Waals surface area contributed by atoms with E-state index in [1.165, 1.54) is 4.90 Å². The second-order valence-electron chi connectivity index (χ2n) is 8.45. The van der Waals surface area contributed by atoms with E-state index in [1.54, 1.807) is 19.2 Å². The molecule has 0 saturated carbocycles. The lowest BCUT2D eigenvalue weighted by molar-refractivity contribution is -0.129. The third-order valence-electron chi connectivity index (χ3n) is 5.92. The van der Waals surface area contributed by atoms with Gasteiger partial charge in [0.05, 0.1) is 11.6 Å². The fourth-order valence-electron chi connectivity index (χ4n) is 4.16. The van der Waals surface area contributed by atoms with E-state index in [9.17, 15) is 14.7 Å². The Morgan fingerprint density at radius 1 is 1.18 bits per heavy atom. The van der Waals surface area contributed by atoms with Gasteiger partial charge in [0.2, 0.25) is 5.78 Å². The van der Waals surface area contributed by atoms with E-state index in [1.807, 2.05) is 36.4 Å². The summed E-state index contributed by atoms with van der Waals surface area (Å²) in [4.78, 5) is 28.1. The van der Waals surface area contributed by atoms with E-state index in [2.05, 4.69) is 29.8 Å². The van der Waals surface area contributed by atoms with E-state index in [4.69, 9.17) is 9.15 Å². The first-order chi connectivity index (χ1) is 15.8. The average molecular weight is 512 g/mol. The molecule has 0 aliphatic carbocycles. The largest absolute Gasteiger partial charge is 0.503 e. The lowest BCUT2D eigenvalue weighted by Crippen LogP contribution is -2.32. The van der Waals surface area contributed by atoms with Crippen molar-refractivity contribution < 1.29 is 23.8 Å². The van der Waals surface area contributed by atoms with Crippen molar-refractivity contribution >= 4 is 38.6 Å². The maximum absolute atomic E-state index is 13.6. The van der Waals surface area contributed by atoms with Crippen LogP contribution in [-0.2, 0) is 9.53 Å². The van der Waals surface area contributed by atoms with Crippen LogP contribution in [0.1, 0.15) is 53.9 Å². The first-order valence-electron chi connectivity index (χ1n) is 10.9. The molecule has 1 N–H and O–H groups in total. The fraction of sp³-hybridized carbons (Fsp3) is 0.308. The number of ketones is 1. The van der Waals surface area contributed by atoms with Gasteiger partial charge in [-0.05, 0) is 47.7 Å². The molecule has 0 saturated heterocycles. The van der Waals surface area contributed by atoms with E-state index in [-0.39, 0.29) is 11.3 Å². The quantitative estimate of drug-likeness (QED) is 0.299. The van der Waals surface area contributed by atoms with Gasteiger partial charge in [-0.1, -0.05) is 54.0 Å². The van der Waals surface area contributed by atoms with Crippen LogP contribution in [0.25, 0.3) is 11.0 Å². The number of aliphatic hydroxyl groups is 1. The van der Waals surface area contributed by atoms with Gasteiger partial charge >= 0.3 is 0 Å². The molecule has 1 aliphatic rings. The molecular weight excluding hydrogens is 486 g/mol. The third kappa shape index (κ3) is 4.48. The van der Waals surface area contributed by atoms with Crippen LogP contribution in [0.5, 0.6) is 0 Å². The summed E-state index contributed by atoms with van der Waals surface area (Å²) >= 11 is 3.42. The average Bonchev–Trinajstić information content (AvgIpc) is 3.33. The van der Waals surface area contributed by atoms with Crippen molar-refractivity contribution in [1.82, 2.24) is 4.90 Å². The molecule has 0 radical (unpaired) electrons. The van der Waals surface area contributed by atoms with Gasteiger partial charge in [0.1, 0.15) is 5.58 Å². The van der Waals surface area contributed by atoms with Crippen LogP contribution in [0, 0.1) is 0 Å². The SMILES string of the molecule is COCCCN1C(=O)C(O)=C(C(=O)c2cc3cc(Br)ccc3o2)C1c1ccc(C(C)C)cc1. The number of furan rings is 1. The number of hydrogen-bond donors (Lipinski definition) is 1. The number of amides is 1. The van der Waals surface area contributed by atoms with Crippen molar-refractivity contribution in [2.75, 3.05) is 20.3 Å². The van der Waals surface area contributed by atoms with Gasteiger partial charge in [0.15, 0.2) is 11.5 Å². The van der Waals surface area contributed by atoms with Gasteiger partial charge in [-0.15, -0.1) is 0 Å². The molecule has 1 aromatic heterocycles. The lowest BCUT2D eigenvalue weighted by Gasteiger charge is -2.27. The minimum Gasteiger partial charge on any atom is -0.503 e. The normalized spacial score (nSPS) is 16.5. The molecule has 1 unspecified atom stereocenters. The summed E-state index contributed by atoms with van der Waals surface area (Å²) in [6.45, 7) is 5.01. The molecule has 1 atom stereocenters. The Hall–Kier alpha value is -2.90. The number of carbonyl (C=O) groups is 2. The molecule has 0 bridgehead atoms. The minimum absolute atomic E-state index is 0.0350. The van der Waals surface area contributed by atoms with Crippen LogP contribution in [-0.4, -0.2) is 42.0 Å². The predicted octanol–water partition coefficient (Wildman–Crippen LogP) is 5.93. The van der Waals surface area contributed by atoms with E-state index >= 15 is 0 Å². The number of methoxy groups -OCH3 is 1. The van der Waals surface area contributed by atoms with Gasteiger partial charge in [0.25, 0.3) is 5.91 Å². The molecule has 7 heteroatoms. The minimum atomic E-state index is -0.706. The fourth-order valence-corrected chi connectivity index (χ4v) is 4.54. The molecule has 33 heavy (non-hydrogen) atoms. The van der Waals surface area contributed by atoms with Gasteiger partial charge in [-0.3, -0.25) is 9.59 Å². The second-order valence-corrected chi connectivity index (χ2v) is 9.37. The van der Waals surface area contributed by atoms with Gasteiger partial charge in [-0.25, -0.2) is 0 Å². The highest BCUT2D eigenvalue weighted by Crippen LogP contribution is 2.40. The van der Waals surface area contributed by atoms with E-state index in [0.29, 0.717) is 31.1 Å². The zero-order valence-corrected chi connectivity index (χ0v) is 20.4. The summed E-state index contributed by atoms with van der Waals surface area (Å²) in [5.41, 5.74) is 2.50. The molecule has 1 amide bonds. The van der Waals surface area contributed by atoms with Crippen molar-refractivity contribution in [1.29, 1.82) is 0 Å². The van der Waals surface area contributed by atoms with Crippen molar-refractivity contribution in [2.45, 2.75) is 32.2 Å². The first kappa shape index (κ1) is 23.3. The van der Waals surface area contributed by atoms with E-state index < -0.39 is 23.5 Å². The second kappa shape index (κ2) is 9.53. The number of nitrogens with zero attached hydrogens (tertiary/aromatic N) is 1. The Bertz CT molecular complexity index is 1230. The highest BCUT2D eigenvalue weighted by atomic mass is 79.9. The summed E-state index contributed by atoms with van der Waals surface area (Å²) < 4.78 is 11.8. The van der Waals surface area contributed by atoms with Crippen LogP contribution in [0.15, 0.2) is 68.8 Å². The number of halogens is 1. The molecule has 0 fully saturated rings. The summed E-state index contributed by atoms with van der Waals surface area (Å²) in [5.74, 6) is -1.16. The lowest BCUT2D eigenvalue weighted by atomic mass is 9.93. The Morgan fingerprint density at radius 2 is 1.91 bits per heavy atom. The first-order valence-corrected chi connectivity index (χ1v) is 11.7.